The van der Waals surface area contributed by atoms with Gasteiger partial charge in [0.2, 0.25) is 21.8 Å². The van der Waals surface area contributed by atoms with Crippen LogP contribution in [0.1, 0.15) is 12.7 Å². The van der Waals surface area contributed by atoms with Crippen LogP contribution in [0.4, 0.5) is 5.69 Å². The standard InChI is InChI=1S/C23H25N3O6S/c1-2-31-21-13-7-6-12-20(21)26(17-22(27)24-15-18-9-8-14-32-18)23(28)16-25-33(29,30)19-10-4-3-5-11-19/h3-14,25H,2,15-17H2,1H3,(H,24,27). The molecular weight excluding hydrogens is 446 g/mol. The van der Waals surface area contributed by atoms with E-state index >= 15 is 0 Å². The third-order valence-corrected chi connectivity index (χ3v) is 5.98. The Morgan fingerprint density at radius 3 is 2.42 bits per heavy atom. The number of hydrogen-bond donors (Lipinski definition) is 2. The van der Waals surface area contributed by atoms with Gasteiger partial charge in [0.25, 0.3) is 0 Å². The van der Waals surface area contributed by atoms with Gasteiger partial charge in [0.1, 0.15) is 18.1 Å². The first-order chi connectivity index (χ1) is 15.9. The van der Waals surface area contributed by atoms with Crippen molar-refractivity contribution in [2.24, 2.45) is 0 Å². The fraction of sp³-hybridized carbons (Fsp3) is 0.217. The van der Waals surface area contributed by atoms with Crippen LogP contribution < -0.4 is 19.7 Å². The van der Waals surface area contributed by atoms with Crippen LogP contribution in [0, 0.1) is 0 Å². The zero-order chi connectivity index (χ0) is 23.7. The van der Waals surface area contributed by atoms with E-state index in [9.17, 15) is 18.0 Å². The third-order valence-electron chi connectivity index (χ3n) is 4.57. The maximum Gasteiger partial charge on any atom is 0.242 e. The molecule has 0 aliphatic rings. The van der Waals surface area contributed by atoms with Gasteiger partial charge in [-0.25, -0.2) is 13.1 Å². The van der Waals surface area contributed by atoms with E-state index in [1.807, 2.05) is 0 Å². The lowest BCUT2D eigenvalue weighted by Gasteiger charge is -2.24. The first-order valence-electron chi connectivity index (χ1n) is 10.3. The summed E-state index contributed by atoms with van der Waals surface area (Å²) >= 11 is 0. The number of sulfonamides is 1. The Labute approximate surface area is 192 Å². The minimum Gasteiger partial charge on any atom is -0.492 e. The molecule has 0 saturated heterocycles. The van der Waals surface area contributed by atoms with Crippen LogP contribution in [0.2, 0.25) is 0 Å². The Hall–Kier alpha value is -3.63. The topological polar surface area (TPSA) is 118 Å². The van der Waals surface area contributed by atoms with Crippen LogP contribution in [0.5, 0.6) is 5.75 Å². The molecule has 3 aromatic rings. The molecule has 0 atom stereocenters. The summed E-state index contributed by atoms with van der Waals surface area (Å²) in [6.07, 6.45) is 1.49. The molecule has 0 saturated carbocycles. The number of anilines is 1. The van der Waals surface area contributed by atoms with E-state index in [0.29, 0.717) is 23.8 Å². The number of nitrogens with one attached hydrogen (secondary N) is 2. The average molecular weight is 472 g/mol. The first-order valence-corrected chi connectivity index (χ1v) is 11.7. The van der Waals surface area contributed by atoms with E-state index in [0.717, 1.165) is 0 Å². The molecule has 0 unspecified atom stereocenters. The number of benzene rings is 2. The minimum atomic E-state index is -3.90. The predicted molar refractivity (Wildman–Crippen MR) is 122 cm³/mol. The number of amides is 2. The van der Waals surface area contributed by atoms with Gasteiger partial charge >= 0.3 is 0 Å². The van der Waals surface area contributed by atoms with Crippen molar-refractivity contribution in [3.05, 3.63) is 78.8 Å². The lowest BCUT2D eigenvalue weighted by molar-refractivity contribution is -0.123. The van der Waals surface area contributed by atoms with E-state index < -0.39 is 28.4 Å². The Balaban J connectivity index is 1.77. The number of furan rings is 1. The highest BCUT2D eigenvalue weighted by atomic mass is 32.2. The quantitative estimate of drug-likeness (QED) is 0.443. The molecule has 2 N–H and O–H groups in total. The van der Waals surface area contributed by atoms with Crippen molar-refractivity contribution in [2.75, 3.05) is 24.6 Å². The normalized spacial score (nSPS) is 11.1. The summed E-state index contributed by atoms with van der Waals surface area (Å²) in [7, 11) is -3.90. The maximum absolute atomic E-state index is 13.1. The molecule has 33 heavy (non-hydrogen) atoms. The SMILES string of the molecule is CCOc1ccccc1N(CC(=O)NCc1ccco1)C(=O)CNS(=O)(=O)c1ccccc1. The molecule has 2 aromatic carbocycles. The molecular formula is C23H25N3O6S. The zero-order valence-electron chi connectivity index (χ0n) is 18.1. The average Bonchev–Trinajstić information content (AvgIpc) is 3.35. The van der Waals surface area contributed by atoms with E-state index in [1.54, 1.807) is 61.5 Å². The van der Waals surface area contributed by atoms with Crippen LogP contribution in [-0.2, 0) is 26.2 Å². The number of ether oxygens (including phenoxy) is 1. The Kier molecular flexibility index (Phi) is 8.22. The molecule has 3 rings (SSSR count). The molecule has 0 aliphatic heterocycles. The highest BCUT2D eigenvalue weighted by Gasteiger charge is 2.24. The number of carbonyl (C=O) groups is 2. The van der Waals surface area contributed by atoms with Gasteiger partial charge in [0.15, 0.2) is 0 Å². The number of nitrogens with zero attached hydrogens (tertiary/aromatic N) is 1. The van der Waals surface area contributed by atoms with Crippen molar-refractivity contribution >= 4 is 27.5 Å². The molecule has 0 aliphatic carbocycles. The van der Waals surface area contributed by atoms with E-state index in [2.05, 4.69) is 10.0 Å². The fourth-order valence-corrected chi connectivity index (χ4v) is 3.99. The molecule has 1 heterocycles. The van der Waals surface area contributed by atoms with Crippen LogP contribution in [0.15, 0.2) is 82.3 Å². The summed E-state index contributed by atoms with van der Waals surface area (Å²) in [5, 5.41) is 2.68. The molecule has 9 nitrogen and oxygen atoms in total. The Morgan fingerprint density at radius 2 is 1.73 bits per heavy atom. The smallest absolute Gasteiger partial charge is 0.242 e. The largest absolute Gasteiger partial charge is 0.492 e. The fourth-order valence-electron chi connectivity index (χ4n) is 3.00. The molecule has 0 bridgehead atoms. The van der Waals surface area contributed by atoms with E-state index in [4.69, 9.17) is 9.15 Å². The van der Waals surface area contributed by atoms with Gasteiger partial charge in [-0.1, -0.05) is 30.3 Å². The molecule has 174 valence electrons. The second-order valence-corrected chi connectivity index (χ2v) is 8.64. The number of rotatable bonds is 11. The Morgan fingerprint density at radius 1 is 1.00 bits per heavy atom. The third kappa shape index (κ3) is 6.67. The first kappa shape index (κ1) is 24.0. The molecule has 0 spiro atoms. The van der Waals surface area contributed by atoms with Gasteiger partial charge in [0, 0.05) is 0 Å². The number of carbonyl (C=O) groups excluding carboxylic acids is 2. The van der Waals surface area contributed by atoms with Gasteiger partial charge < -0.3 is 14.5 Å². The van der Waals surface area contributed by atoms with Crippen molar-refractivity contribution in [3.8, 4) is 5.75 Å². The second kappa shape index (κ2) is 11.3. The van der Waals surface area contributed by atoms with Crippen LogP contribution in [0.25, 0.3) is 0 Å². The van der Waals surface area contributed by atoms with Crippen LogP contribution >= 0.6 is 0 Å². The monoisotopic (exact) mass is 471 g/mol. The van der Waals surface area contributed by atoms with Gasteiger partial charge in [-0.3, -0.25) is 14.5 Å². The molecule has 0 radical (unpaired) electrons. The lowest BCUT2D eigenvalue weighted by Crippen LogP contribution is -2.45. The second-order valence-electron chi connectivity index (χ2n) is 6.87. The molecule has 1 aromatic heterocycles. The number of hydrogen-bond acceptors (Lipinski definition) is 6. The van der Waals surface area contributed by atoms with Crippen LogP contribution in [0.3, 0.4) is 0 Å². The summed E-state index contributed by atoms with van der Waals surface area (Å²) in [6, 6.07) is 17.9. The molecule has 0 fully saturated rings. The predicted octanol–water partition coefficient (Wildman–Crippen LogP) is 2.31. The minimum absolute atomic E-state index is 0.0373. The van der Waals surface area contributed by atoms with Crippen molar-refractivity contribution in [1.29, 1.82) is 0 Å². The van der Waals surface area contributed by atoms with Gasteiger partial charge in [-0.2, -0.15) is 0 Å². The summed E-state index contributed by atoms with van der Waals surface area (Å²) < 4.78 is 38.2. The van der Waals surface area contributed by atoms with Crippen molar-refractivity contribution in [2.45, 2.75) is 18.4 Å². The maximum atomic E-state index is 13.1. The van der Waals surface area contributed by atoms with Gasteiger partial charge in [0.05, 0.1) is 36.5 Å². The van der Waals surface area contributed by atoms with Gasteiger partial charge in [-0.15, -0.1) is 0 Å². The van der Waals surface area contributed by atoms with E-state index in [-0.39, 0.29) is 18.0 Å². The summed E-state index contributed by atoms with van der Waals surface area (Å²) in [5.41, 5.74) is 0.358. The Bertz CT molecular complexity index is 1160. The summed E-state index contributed by atoms with van der Waals surface area (Å²) in [5.74, 6) is -0.101. The summed E-state index contributed by atoms with van der Waals surface area (Å²) in [6.45, 7) is 1.43. The lowest BCUT2D eigenvalue weighted by atomic mass is 10.2. The van der Waals surface area contributed by atoms with Crippen molar-refractivity contribution in [1.82, 2.24) is 10.0 Å². The van der Waals surface area contributed by atoms with E-state index in [1.165, 1.54) is 23.3 Å². The molecule has 10 heteroatoms. The van der Waals surface area contributed by atoms with Crippen molar-refractivity contribution in [3.63, 3.8) is 0 Å². The molecule has 2 amide bonds. The number of para-hydroxylation sites is 2. The summed E-state index contributed by atoms with van der Waals surface area (Å²) in [4.78, 5) is 26.9. The zero-order valence-corrected chi connectivity index (χ0v) is 18.9. The van der Waals surface area contributed by atoms with Crippen LogP contribution in [-0.4, -0.2) is 39.9 Å². The van der Waals surface area contributed by atoms with Gasteiger partial charge in [-0.05, 0) is 43.3 Å². The van der Waals surface area contributed by atoms with Crippen molar-refractivity contribution < 1.29 is 27.2 Å². The highest BCUT2D eigenvalue weighted by Crippen LogP contribution is 2.28. The highest BCUT2D eigenvalue weighted by molar-refractivity contribution is 7.89.